The number of halogens is 2. The Morgan fingerprint density at radius 1 is 1.38 bits per heavy atom. The van der Waals surface area contributed by atoms with Crippen LogP contribution < -0.4 is 10.0 Å². The highest BCUT2D eigenvalue weighted by molar-refractivity contribution is 9.10. The molecule has 0 aliphatic carbocycles. The molecule has 0 saturated carbocycles. The standard InChI is InChI=1S/C13H18BrFN2O2S2/c1-16-8-9-6-10(14)7-12(13(9)15)21(18,19)17-11-2-4-20-5-3-11/h6-7,11,16-17H,2-5,8H2,1H3. The summed E-state index contributed by atoms with van der Waals surface area (Å²) in [5, 5.41) is 2.83. The van der Waals surface area contributed by atoms with Crippen molar-refractivity contribution in [3.05, 3.63) is 28.0 Å². The Morgan fingerprint density at radius 3 is 2.67 bits per heavy atom. The van der Waals surface area contributed by atoms with Crippen molar-refractivity contribution in [2.75, 3.05) is 18.6 Å². The van der Waals surface area contributed by atoms with Gasteiger partial charge in [0.05, 0.1) is 0 Å². The molecule has 1 aliphatic heterocycles. The third-order valence-corrected chi connectivity index (χ3v) is 6.31. The maximum Gasteiger partial charge on any atom is 0.243 e. The van der Waals surface area contributed by atoms with E-state index in [1.807, 2.05) is 11.8 Å². The summed E-state index contributed by atoms with van der Waals surface area (Å²) in [5.41, 5.74) is 0.325. The fourth-order valence-electron chi connectivity index (χ4n) is 2.23. The van der Waals surface area contributed by atoms with Crippen LogP contribution in [0.5, 0.6) is 0 Å². The highest BCUT2D eigenvalue weighted by Gasteiger charge is 2.26. The topological polar surface area (TPSA) is 58.2 Å². The van der Waals surface area contributed by atoms with E-state index in [1.54, 1.807) is 13.1 Å². The Bertz CT molecular complexity index is 604. The highest BCUT2D eigenvalue weighted by atomic mass is 79.9. The van der Waals surface area contributed by atoms with Crippen molar-refractivity contribution in [2.45, 2.75) is 30.3 Å². The zero-order chi connectivity index (χ0) is 15.5. The van der Waals surface area contributed by atoms with E-state index < -0.39 is 15.8 Å². The minimum absolute atomic E-state index is 0.109. The van der Waals surface area contributed by atoms with Crippen LogP contribution in [0.4, 0.5) is 4.39 Å². The Balaban J connectivity index is 2.30. The lowest BCUT2D eigenvalue weighted by molar-refractivity contribution is 0.515. The molecule has 4 nitrogen and oxygen atoms in total. The monoisotopic (exact) mass is 396 g/mol. The molecule has 1 fully saturated rings. The van der Waals surface area contributed by atoms with Crippen LogP contribution in [0.15, 0.2) is 21.5 Å². The molecule has 1 heterocycles. The van der Waals surface area contributed by atoms with E-state index in [0.717, 1.165) is 24.3 Å². The van der Waals surface area contributed by atoms with E-state index >= 15 is 0 Å². The molecule has 0 atom stereocenters. The van der Waals surface area contributed by atoms with E-state index in [4.69, 9.17) is 0 Å². The zero-order valence-electron chi connectivity index (χ0n) is 11.7. The molecular weight excluding hydrogens is 379 g/mol. The molecule has 0 unspecified atom stereocenters. The molecule has 2 rings (SSSR count). The Hall–Kier alpha value is -0.150. The molecular formula is C13H18BrFN2O2S2. The van der Waals surface area contributed by atoms with Gasteiger partial charge in [0.2, 0.25) is 10.0 Å². The van der Waals surface area contributed by atoms with Crippen molar-refractivity contribution in [3.63, 3.8) is 0 Å². The minimum Gasteiger partial charge on any atom is -0.316 e. The summed E-state index contributed by atoms with van der Waals surface area (Å²) in [5.74, 6) is 1.17. The molecule has 118 valence electrons. The molecule has 1 saturated heterocycles. The molecule has 1 aromatic rings. The normalized spacial score (nSPS) is 17.1. The first-order chi connectivity index (χ1) is 9.94. The number of rotatable bonds is 5. The largest absolute Gasteiger partial charge is 0.316 e. The van der Waals surface area contributed by atoms with E-state index in [2.05, 4.69) is 26.0 Å². The van der Waals surface area contributed by atoms with E-state index in [-0.39, 0.29) is 17.5 Å². The second-order valence-corrected chi connectivity index (χ2v) is 8.74. The number of benzene rings is 1. The van der Waals surface area contributed by atoms with E-state index in [1.165, 1.54) is 6.07 Å². The van der Waals surface area contributed by atoms with Crippen molar-refractivity contribution in [1.82, 2.24) is 10.0 Å². The van der Waals surface area contributed by atoms with Crippen LogP contribution in [-0.4, -0.2) is 33.0 Å². The number of hydrogen-bond donors (Lipinski definition) is 2. The lowest BCUT2D eigenvalue weighted by Crippen LogP contribution is -2.37. The zero-order valence-corrected chi connectivity index (χ0v) is 14.9. The first kappa shape index (κ1) is 17.2. The first-order valence-electron chi connectivity index (χ1n) is 6.66. The minimum atomic E-state index is -3.85. The lowest BCUT2D eigenvalue weighted by Gasteiger charge is -2.22. The van der Waals surface area contributed by atoms with Crippen molar-refractivity contribution >= 4 is 37.7 Å². The van der Waals surface area contributed by atoms with Gasteiger partial charge in [0, 0.05) is 22.6 Å². The molecule has 0 amide bonds. The van der Waals surface area contributed by atoms with Gasteiger partial charge >= 0.3 is 0 Å². The fourth-order valence-corrected chi connectivity index (χ4v) is 5.45. The highest BCUT2D eigenvalue weighted by Crippen LogP contribution is 2.25. The molecule has 0 aromatic heterocycles. The van der Waals surface area contributed by atoms with Gasteiger partial charge in [-0.15, -0.1) is 0 Å². The maximum absolute atomic E-state index is 14.4. The van der Waals surface area contributed by atoms with Crippen molar-refractivity contribution in [1.29, 1.82) is 0 Å². The third-order valence-electron chi connectivity index (χ3n) is 3.28. The van der Waals surface area contributed by atoms with Crippen molar-refractivity contribution < 1.29 is 12.8 Å². The summed E-state index contributed by atoms with van der Waals surface area (Å²) in [4.78, 5) is -0.291. The molecule has 0 radical (unpaired) electrons. The molecule has 21 heavy (non-hydrogen) atoms. The quantitative estimate of drug-likeness (QED) is 0.802. The fraction of sp³-hybridized carbons (Fsp3) is 0.538. The summed E-state index contributed by atoms with van der Waals surface area (Å²) < 4.78 is 42.4. The van der Waals surface area contributed by atoms with Crippen LogP contribution in [0.25, 0.3) is 0 Å². The van der Waals surface area contributed by atoms with Gasteiger partial charge in [-0.1, -0.05) is 15.9 Å². The summed E-state index contributed by atoms with van der Waals surface area (Å²) >= 11 is 5.06. The maximum atomic E-state index is 14.4. The van der Waals surface area contributed by atoms with Crippen LogP contribution >= 0.6 is 27.7 Å². The van der Waals surface area contributed by atoms with Crippen molar-refractivity contribution in [3.8, 4) is 0 Å². The van der Waals surface area contributed by atoms with E-state index in [0.29, 0.717) is 10.0 Å². The van der Waals surface area contributed by atoms with Crippen LogP contribution in [0.2, 0.25) is 0 Å². The smallest absolute Gasteiger partial charge is 0.243 e. The lowest BCUT2D eigenvalue weighted by atomic mass is 10.2. The van der Waals surface area contributed by atoms with Crippen molar-refractivity contribution in [2.24, 2.45) is 0 Å². The number of thioether (sulfide) groups is 1. The van der Waals surface area contributed by atoms with Crippen LogP contribution in [-0.2, 0) is 16.6 Å². The predicted molar refractivity (Wildman–Crippen MR) is 87.5 cm³/mol. The average molecular weight is 397 g/mol. The SMILES string of the molecule is CNCc1cc(Br)cc(S(=O)(=O)NC2CCSCC2)c1F. The van der Waals surface area contributed by atoms with Gasteiger partial charge in [-0.3, -0.25) is 0 Å². The number of sulfonamides is 1. The van der Waals surface area contributed by atoms with Gasteiger partial charge in [-0.2, -0.15) is 11.8 Å². The molecule has 0 bridgehead atoms. The molecule has 1 aromatic carbocycles. The Kier molecular flexibility index (Phi) is 6.07. The van der Waals surface area contributed by atoms with Gasteiger partial charge in [0.15, 0.2) is 0 Å². The Morgan fingerprint density at radius 2 is 2.05 bits per heavy atom. The van der Waals surface area contributed by atoms with Crippen LogP contribution in [0, 0.1) is 5.82 Å². The van der Waals surface area contributed by atoms with Crippen LogP contribution in [0.1, 0.15) is 18.4 Å². The summed E-state index contributed by atoms with van der Waals surface area (Å²) in [6, 6.07) is 2.79. The van der Waals surface area contributed by atoms with Crippen LogP contribution in [0.3, 0.4) is 0 Å². The first-order valence-corrected chi connectivity index (χ1v) is 10.1. The predicted octanol–water partition coefficient (Wildman–Crippen LogP) is 2.48. The summed E-state index contributed by atoms with van der Waals surface area (Å²) in [6.45, 7) is 0.272. The molecule has 8 heteroatoms. The second kappa shape index (κ2) is 7.41. The molecule has 2 N–H and O–H groups in total. The summed E-state index contributed by atoms with van der Waals surface area (Å²) in [7, 11) is -2.16. The van der Waals surface area contributed by atoms with Gasteiger partial charge in [0.25, 0.3) is 0 Å². The summed E-state index contributed by atoms with van der Waals surface area (Å²) in [6.07, 6.45) is 1.56. The third kappa shape index (κ3) is 4.41. The number of nitrogens with one attached hydrogen (secondary N) is 2. The molecule has 1 aliphatic rings. The van der Waals surface area contributed by atoms with Gasteiger partial charge in [-0.05, 0) is 43.5 Å². The average Bonchev–Trinajstić information content (AvgIpc) is 2.43. The number of hydrogen-bond acceptors (Lipinski definition) is 4. The van der Waals surface area contributed by atoms with Gasteiger partial charge < -0.3 is 5.32 Å². The second-order valence-electron chi connectivity index (χ2n) is 4.92. The van der Waals surface area contributed by atoms with Gasteiger partial charge in [-0.25, -0.2) is 17.5 Å². The molecule has 0 spiro atoms. The van der Waals surface area contributed by atoms with Gasteiger partial charge in [0.1, 0.15) is 10.7 Å². The Labute approximate surface area is 137 Å². The van der Waals surface area contributed by atoms with E-state index in [9.17, 15) is 12.8 Å².